The summed E-state index contributed by atoms with van der Waals surface area (Å²) in [5.74, 6) is -1.05. The molecule has 0 saturated heterocycles. The smallest absolute Gasteiger partial charge is 0.308 e. The van der Waals surface area contributed by atoms with Crippen LogP contribution in [0.4, 0.5) is 5.69 Å². The highest BCUT2D eigenvalue weighted by Crippen LogP contribution is 2.31. The number of hydrogen-bond acceptors (Lipinski definition) is 4. The van der Waals surface area contributed by atoms with E-state index in [0.717, 1.165) is 22.7 Å². The largest absolute Gasteiger partial charge is 0.481 e. The second kappa shape index (κ2) is 5.01. The van der Waals surface area contributed by atoms with Gasteiger partial charge in [0.25, 0.3) is 0 Å². The molecule has 19 heavy (non-hydrogen) atoms. The van der Waals surface area contributed by atoms with E-state index in [4.69, 9.17) is 0 Å². The van der Waals surface area contributed by atoms with E-state index >= 15 is 0 Å². The van der Waals surface area contributed by atoms with Crippen LogP contribution in [0.5, 0.6) is 0 Å². The number of benzene rings is 1. The average molecular weight is 274 g/mol. The molecule has 4 nitrogen and oxygen atoms in total. The Labute approximate surface area is 115 Å². The lowest BCUT2D eigenvalue weighted by molar-refractivity contribution is -0.141. The monoisotopic (exact) mass is 274 g/mol. The number of anilines is 1. The van der Waals surface area contributed by atoms with E-state index in [1.807, 2.05) is 24.4 Å². The highest BCUT2D eigenvalue weighted by atomic mass is 32.1. The van der Waals surface area contributed by atoms with E-state index in [1.54, 1.807) is 16.8 Å². The molecule has 5 heteroatoms. The lowest BCUT2D eigenvalue weighted by Crippen LogP contribution is -2.38. The van der Waals surface area contributed by atoms with Crippen LogP contribution in [-0.2, 0) is 17.8 Å². The minimum Gasteiger partial charge on any atom is -0.481 e. The number of thiazole rings is 1. The molecule has 0 aliphatic carbocycles. The van der Waals surface area contributed by atoms with Crippen molar-refractivity contribution in [1.82, 2.24) is 4.98 Å². The quantitative estimate of drug-likeness (QED) is 0.934. The maximum absolute atomic E-state index is 11.3. The third-order valence-electron chi connectivity index (χ3n) is 3.42. The lowest BCUT2D eigenvalue weighted by atomic mass is 9.92. The molecule has 0 saturated carbocycles. The van der Waals surface area contributed by atoms with Crippen LogP contribution in [0.15, 0.2) is 36.0 Å². The van der Waals surface area contributed by atoms with Crippen molar-refractivity contribution in [2.75, 3.05) is 11.4 Å². The van der Waals surface area contributed by atoms with Gasteiger partial charge >= 0.3 is 5.97 Å². The third kappa shape index (κ3) is 2.46. The first kappa shape index (κ1) is 12.2. The summed E-state index contributed by atoms with van der Waals surface area (Å²) < 4.78 is 0. The number of fused-ring (bicyclic) bond motifs is 1. The molecule has 0 amide bonds. The van der Waals surface area contributed by atoms with Gasteiger partial charge in [-0.3, -0.25) is 9.78 Å². The Kier molecular flexibility index (Phi) is 3.21. The van der Waals surface area contributed by atoms with Crippen LogP contribution in [0.3, 0.4) is 0 Å². The van der Waals surface area contributed by atoms with Crippen molar-refractivity contribution in [2.24, 2.45) is 5.92 Å². The van der Waals surface area contributed by atoms with E-state index in [9.17, 15) is 9.90 Å². The number of nitrogens with zero attached hydrogens (tertiary/aromatic N) is 2. The van der Waals surface area contributed by atoms with Crippen LogP contribution in [0.25, 0.3) is 0 Å². The third-order valence-corrected chi connectivity index (χ3v) is 4.18. The van der Waals surface area contributed by atoms with E-state index < -0.39 is 5.97 Å². The second-order valence-corrected chi connectivity index (χ2v) is 5.69. The number of carboxylic acids is 1. The highest BCUT2D eigenvalue weighted by Gasteiger charge is 2.28. The zero-order valence-electron chi connectivity index (χ0n) is 10.3. The Hall–Kier alpha value is -1.88. The van der Waals surface area contributed by atoms with Crippen LogP contribution >= 0.6 is 11.3 Å². The van der Waals surface area contributed by atoms with Gasteiger partial charge in [-0.15, -0.1) is 11.3 Å². The van der Waals surface area contributed by atoms with Gasteiger partial charge in [0.15, 0.2) is 0 Å². The number of aliphatic carboxylic acids is 1. The normalized spacial score (nSPS) is 18.1. The summed E-state index contributed by atoms with van der Waals surface area (Å²) in [5.41, 5.74) is 4.07. The van der Waals surface area contributed by atoms with Crippen molar-refractivity contribution in [3.8, 4) is 0 Å². The fourth-order valence-corrected chi connectivity index (χ4v) is 3.12. The zero-order valence-corrected chi connectivity index (χ0v) is 11.1. The summed E-state index contributed by atoms with van der Waals surface area (Å²) in [6.07, 6.45) is 2.46. The minimum atomic E-state index is -0.719. The van der Waals surface area contributed by atoms with Crippen molar-refractivity contribution in [2.45, 2.75) is 13.0 Å². The first-order valence-corrected chi connectivity index (χ1v) is 7.05. The predicted octanol–water partition coefficient (Wildman–Crippen LogP) is 2.41. The Morgan fingerprint density at radius 3 is 3.05 bits per heavy atom. The fraction of sp³-hybridized carbons (Fsp3) is 0.286. The molecule has 1 aliphatic rings. The molecule has 2 aromatic rings. The first-order valence-electron chi connectivity index (χ1n) is 6.17. The Morgan fingerprint density at radius 1 is 1.47 bits per heavy atom. The molecule has 1 aromatic heterocycles. The van der Waals surface area contributed by atoms with E-state index in [1.165, 1.54) is 0 Å². The van der Waals surface area contributed by atoms with Crippen LogP contribution < -0.4 is 4.90 Å². The molecule has 3 rings (SSSR count). The number of hydrogen-bond donors (Lipinski definition) is 1. The molecular formula is C14H14N2O2S. The highest BCUT2D eigenvalue weighted by molar-refractivity contribution is 7.09. The maximum Gasteiger partial charge on any atom is 0.308 e. The topological polar surface area (TPSA) is 53.4 Å². The molecule has 1 aliphatic heterocycles. The Bertz CT molecular complexity index is 583. The standard InChI is InChI=1S/C14H14N2O2S/c17-14(18)11-5-10-3-1-2-4-13(10)16(7-11)8-12-6-15-9-19-12/h1-4,6,9,11H,5,7-8H2,(H,17,18). The molecule has 1 atom stereocenters. The van der Waals surface area contributed by atoms with Crippen LogP contribution in [0.1, 0.15) is 10.4 Å². The lowest BCUT2D eigenvalue weighted by Gasteiger charge is -2.34. The molecular weight excluding hydrogens is 260 g/mol. The molecule has 0 fully saturated rings. The van der Waals surface area contributed by atoms with Gasteiger partial charge in [-0.05, 0) is 18.1 Å². The molecule has 1 unspecified atom stereocenters. The Balaban J connectivity index is 1.91. The number of rotatable bonds is 3. The van der Waals surface area contributed by atoms with Crippen molar-refractivity contribution < 1.29 is 9.90 Å². The summed E-state index contributed by atoms with van der Waals surface area (Å²) in [4.78, 5) is 18.6. The summed E-state index contributed by atoms with van der Waals surface area (Å²) in [5, 5.41) is 9.27. The van der Waals surface area contributed by atoms with Crippen LogP contribution in [0, 0.1) is 5.92 Å². The second-order valence-electron chi connectivity index (χ2n) is 4.72. The molecule has 98 valence electrons. The average Bonchev–Trinajstić information content (AvgIpc) is 2.91. The zero-order chi connectivity index (χ0) is 13.2. The summed E-state index contributed by atoms with van der Waals surface area (Å²) >= 11 is 1.60. The van der Waals surface area contributed by atoms with Gasteiger partial charge in [0, 0.05) is 23.3 Å². The summed E-state index contributed by atoms with van der Waals surface area (Å²) in [7, 11) is 0. The van der Waals surface area contributed by atoms with Gasteiger partial charge in [0.05, 0.1) is 18.0 Å². The first-order chi connectivity index (χ1) is 9.24. The minimum absolute atomic E-state index is 0.331. The molecule has 1 N–H and O–H groups in total. The van der Waals surface area contributed by atoms with Crippen molar-refractivity contribution >= 4 is 23.0 Å². The van der Waals surface area contributed by atoms with Gasteiger partial charge in [-0.1, -0.05) is 18.2 Å². The molecule has 0 spiro atoms. The van der Waals surface area contributed by atoms with Crippen molar-refractivity contribution in [1.29, 1.82) is 0 Å². The Morgan fingerprint density at radius 2 is 2.32 bits per heavy atom. The van der Waals surface area contributed by atoms with Gasteiger partial charge < -0.3 is 10.0 Å². The maximum atomic E-state index is 11.3. The van der Waals surface area contributed by atoms with Crippen LogP contribution in [0.2, 0.25) is 0 Å². The molecule has 0 bridgehead atoms. The SMILES string of the molecule is O=C(O)C1Cc2ccccc2N(Cc2cncs2)C1. The summed E-state index contributed by atoms with van der Waals surface area (Å²) in [6.45, 7) is 1.29. The van der Waals surface area contributed by atoms with Gasteiger partial charge in [0.1, 0.15) is 0 Å². The van der Waals surface area contributed by atoms with Crippen molar-refractivity contribution in [3.05, 3.63) is 46.4 Å². The van der Waals surface area contributed by atoms with E-state index in [0.29, 0.717) is 13.0 Å². The molecule has 2 heterocycles. The van der Waals surface area contributed by atoms with Crippen molar-refractivity contribution in [3.63, 3.8) is 0 Å². The van der Waals surface area contributed by atoms with E-state index in [2.05, 4.69) is 16.0 Å². The number of carbonyl (C=O) groups is 1. The molecule has 0 radical (unpaired) electrons. The number of aromatic nitrogens is 1. The number of carboxylic acid groups (broad SMARTS) is 1. The van der Waals surface area contributed by atoms with Gasteiger partial charge in [-0.25, -0.2) is 0 Å². The summed E-state index contributed by atoms with van der Waals surface area (Å²) in [6, 6.07) is 8.05. The number of para-hydroxylation sites is 1. The predicted molar refractivity (Wildman–Crippen MR) is 74.4 cm³/mol. The van der Waals surface area contributed by atoms with E-state index in [-0.39, 0.29) is 5.92 Å². The van der Waals surface area contributed by atoms with Gasteiger partial charge in [-0.2, -0.15) is 0 Å². The van der Waals surface area contributed by atoms with Gasteiger partial charge in [0.2, 0.25) is 0 Å². The molecule has 1 aromatic carbocycles. The fourth-order valence-electron chi connectivity index (χ4n) is 2.51. The van der Waals surface area contributed by atoms with Crippen LogP contribution in [-0.4, -0.2) is 22.6 Å².